The molecule has 0 spiro atoms. The highest BCUT2D eigenvalue weighted by Gasteiger charge is 2.42. The van der Waals surface area contributed by atoms with Gasteiger partial charge < -0.3 is 33.7 Å². The molecule has 0 bridgehead atoms. The third kappa shape index (κ3) is 6.23. The SMILES string of the molecule is CCOCCOC(=O)C1=C(C)NC2=C(C(=O)C[C@H](c3ccc(OC)c(OC)c3)C2)[C@@H]1c1cc(OC)c(OC)cc1Br. The monoisotopic (exact) mass is 629 g/mol. The van der Waals surface area contributed by atoms with Crippen LogP contribution in [0, 0.1) is 0 Å². The maximum Gasteiger partial charge on any atom is 0.336 e. The number of rotatable bonds is 11. The van der Waals surface area contributed by atoms with Gasteiger partial charge in [0.2, 0.25) is 0 Å². The summed E-state index contributed by atoms with van der Waals surface area (Å²) >= 11 is 3.66. The minimum atomic E-state index is -0.682. The number of benzene rings is 2. The molecule has 0 radical (unpaired) electrons. The van der Waals surface area contributed by atoms with Crippen molar-refractivity contribution in [1.29, 1.82) is 0 Å². The Bertz CT molecular complexity index is 1380. The molecule has 2 atom stereocenters. The lowest BCUT2D eigenvalue weighted by molar-refractivity contribution is -0.140. The highest BCUT2D eigenvalue weighted by atomic mass is 79.9. The molecule has 4 rings (SSSR count). The van der Waals surface area contributed by atoms with Crippen LogP contribution in [0.15, 0.2) is 57.3 Å². The van der Waals surface area contributed by atoms with Crippen molar-refractivity contribution >= 4 is 27.7 Å². The Kier molecular flexibility index (Phi) is 9.99. The lowest BCUT2D eigenvalue weighted by Crippen LogP contribution is -2.36. The Morgan fingerprint density at radius 3 is 2.24 bits per heavy atom. The Hall–Kier alpha value is -3.50. The highest BCUT2D eigenvalue weighted by Crippen LogP contribution is 2.49. The van der Waals surface area contributed by atoms with Gasteiger partial charge in [-0.3, -0.25) is 4.79 Å². The number of carbonyl (C=O) groups is 2. The molecule has 1 aliphatic heterocycles. The molecular formula is C31H36BrNO8. The van der Waals surface area contributed by atoms with Crippen LogP contribution in [0.5, 0.6) is 23.0 Å². The predicted molar refractivity (Wildman–Crippen MR) is 157 cm³/mol. The number of carbonyl (C=O) groups excluding carboxylic acids is 2. The van der Waals surface area contributed by atoms with Crippen molar-refractivity contribution < 1.29 is 38.0 Å². The van der Waals surface area contributed by atoms with E-state index in [1.54, 1.807) is 40.6 Å². The summed E-state index contributed by atoms with van der Waals surface area (Å²) in [5.74, 6) is 0.901. The maximum atomic E-state index is 14.0. The molecule has 1 heterocycles. The summed E-state index contributed by atoms with van der Waals surface area (Å²) in [6.45, 7) is 4.61. The van der Waals surface area contributed by atoms with Crippen LogP contribution in [0.4, 0.5) is 0 Å². The number of methoxy groups -OCH3 is 4. The molecular weight excluding hydrogens is 594 g/mol. The molecule has 9 nitrogen and oxygen atoms in total. The van der Waals surface area contributed by atoms with Crippen LogP contribution in [0.1, 0.15) is 49.7 Å². The van der Waals surface area contributed by atoms with E-state index in [4.69, 9.17) is 28.4 Å². The summed E-state index contributed by atoms with van der Waals surface area (Å²) in [4.78, 5) is 27.6. The number of halogens is 1. The molecule has 1 aliphatic carbocycles. The third-order valence-electron chi connectivity index (χ3n) is 7.41. The number of dihydropyridines is 1. The average Bonchev–Trinajstić information content (AvgIpc) is 2.97. The summed E-state index contributed by atoms with van der Waals surface area (Å²) < 4.78 is 33.6. The van der Waals surface area contributed by atoms with Crippen LogP contribution in [0.2, 0.25) is 0 Å². The molecule has 220 valence electrons. The molecule has 0 saturated heterocycles. The Morgan fingerprint density at radius 1 is 0.927 bits per heavy atom. The van der Waals surface area contributed by atoms with E-state index < -0.39 is 11.9 Å². The van der Waals surface area contributed by atoms with Crippen molar-refractivity contribution in [2.45, 2.75) is 38.5 Å². The lowest BCUT2D eigenvalue weighted by Gasteiger charge is -2.37. The standard InChI is InChI=1S/C31H36BrNO8/c1-7-40-10-11-41-31(35)28-17(2)33-22-12-19(18-8-9-24(36-3)25(14-18)37-4)13-23(34)30(22)29(28)20-15-26(38-5)27(39-6)16-21(20)32/h8-9,14-16,19,29,33H,7,10-13H2,1-6H3/t19-,29-/m1/s1. The lowest BCUT2D eigenvalue weighted by atomic mass is 9.71. The molecule has 2 aromatic rings. The maximum absolute atomic E-state index is 14.0. The van der Waals surface area contributed by atoms with E-state index in [9.17, 15) is 9.59 Å². The minimum absolute atomic E-state index is 0.0580. The molecule has 10 heteroatoms. The molecule has 41 heavy (non-hydrogen) atoms. The van der Waals surface area contributed by atoms with E-state index >= 15 is 0 Å². The molecule has 0 aromatic heterocycles. The van der Waals surface area contributed by atoms with Crippen molar-refractivity contribution in [3.05, 3.63) is 68.5 Å². The quantitative estimate of drug-likeness (QED) is 0.258. The molecule has 0 saturated carbocycles. The van der Waals surface area contributed by atoms with Gasteiger partial charge in [-0.15, -0.1) is 0 Å². The molecule has 0 unspecified atom stereocenters. The van der Waals surface area contributed by atoms with Crippen LogP contribution in [-0.2, 0) is 19.1 Å². The van der Waals surface area contributed by atoms with Crippen LogP contribution in [0.3, 0.4) is 0 Å². The van der Waals surface area contributed by atoms with E-state index in [0.717, 1.165) is 11.3 Å². The fraction of sp³-hybridized carbons (Fsp3) is 0.419. The number of ketones is 1. The van der Waals surface area contributed by atoms with Gasteiger partial charge >= 0.3 is 5.97 Å². The topological polar surface area (TPSA) is 102 Å². The zero-order chi connectivity index (χ0) is 29.7. The number of hydrogen-bond acceptors (Lipinski definition) is 9. The summed E-state index contributed by atoms with van der Waals surface area (Å²) in [5.41, 5.74) is 3.97. The second kappa shape index (κ2) is 13.4. The number of ether oxygens (including phenoxy) is 6. The van der Waals surface area contributed by atoms with E-state index in [1.807, 2.05) is 32.0 Å². The normalized spacial score (nSPS) is 18.5. The molecule has 1 N–H and O–H groups in total. The Labute approximate surface area is 248 Å². The van der Waals surface area contributed by atoms with Crippen molar-refractivity contribution in [1.82, 2.24) is 5.32 Å². The van der Waals surface area contributed by atoms with Crippen LogP contribution >= 0.6 is 15.9 Å². The third-order valence-corrected chi connectivity index (χ3v) is 8.09. The second-order valence-corrected chi connectivity index (χ2v) is 10.5. The Balaban J connectivity index is 1.80. The van der Waals surface area contributed by atoms with Gasteiger partial charge in [0.1, 0.15) is 6.61 Å². The van der Waals surface area contributed by atoms with Crippen molar-refractivity contribution in [2.24, 2.45) is 0 Å². The summed E-state index contributed by atoms with van der Waals surface area (Å²) in [6.07, 6.45) is 0.838. The van der Waals surface area contributed by atoms with Gasteiger partial charge in [0.25, 0.3) is 0 Å². The smallest absolute Gasteiger partial charge is 0.336 e. The molecule has 2 aliphatic rings. The van der Waals surface area contributed by atoms with E-state index in [0.29, 0.717) is 62.9 Å². The zero-order valence-electron chi connectivity index (χ0n) is 24.2. The first-order valence-corrected chi connectivity index (χ1v) is 14.2. The van der Waals surface area contributed by atoms with Crippen molar-refractivity contribution in [3.8, 4) is 23.0 Å². The summed E-state index contributed by atoms with van der Waals surface area (Å²) in [5, 5.41) is 3.38. The fourth-order valence-electron chi connectivity index (χ4n) is 5.47. The number of esters is 1. The minimum Gasteiger partial charge on any atom is -0.493 e. The van der Waals surface area contributed by atoms with Gasteiger partial charge in [-0.25, -0.2) is 4.79 Å². The van der Waals surface area contributed by atoms with Gasteiger partial charge in [0, 0.05) is 40.4 Å². The zero-order valence-corrected chi connectivity index (χ0v) is 25.8. The molecule has 0 amide bonds. The largest absolute Gasteiger partial charge is 0.493 e. The first-order chi connectivity index (χ1) is 19.8. The van der Waals surface area contributed by atoms with E-state index in [1.165, 1.54) is 0 Å². The van der Waals surface area contributed by atoms with Gasteiger partial charge in [-0.1, -0.05) is 22.0 Å². The van der Waals surface area contributed by atoms with Crippen molar-refractivity contribution in [3.63, 3.8) is 0 Å². The van der Waals surface area contributed by atoms with Crippen LogP contribution < -0.4 is 24.3 Å². The number of hydrogen-bond donors (Lipinski definition) is 1. The second-order valence-electron chi connectivity index (χ2n) is 9.69. The van der Waals surface area contributed by atoms with Gasteiger partial charge in [-0.05, 0) is 61.6 Å². The fourth-order valence-corrected chi connectivity index (χ4v) is 6.02. The number of Topliss-reactive ketones (excluding diaryl/α,β-unsaturated/α-hetero) is 1. The molecule has 0 fully saturated rings. The van der Waals surface area contributed by atoms with Crippen LogP contribution in [-0.4, -0.2) is 60.0 Å². The first-order valence-electron chi connectivity index (χ1n) is 13.4. The average molecular weight is 631 g/mol. The number of nitrogens with one attached hydrogen (secondary N) is 1. The van der Waals surface area contributed by atoms with Gasteiger partial charge in [0.15, 0.2) is 28.8 Å². The van der Waals surface area contributed by atoms with Gasteiger partial charge in [-0.2, -0.15) is 0 Å². The van der Waals surface area contributed by atoms with Crippen molar-refractivity contribution in [2.75, 3.05) is 48.3 Å². The molecule has 2 aromatic carbocycles. The first kappa shape index (κ1) is 30.5. The predicted octanol–water partition coefficient (Wildman–Crippen LogP) is 5.42. The van der Waals surface area contributed by atoms with Gasteiger partial charge in [0.05, 0.1) is 40.6 Å². The Morgan fingerprint density at radius 2 is 1.59 bits per heavy atom. The van der Waals surface area contributed by atoms with E-state index in [-0.39, 0.29) is 31.3 Å². The summed E-state index contributed by atoms with van der Waals surface area (Å²) in [6, 6.07) is 9.31. The van der Waals surface area contributed by atoms with Crippen LogP contribution in [0.25, 0.3) is 0 Å². The highest BCUT2D eigenvalue weighted by molar-refractivity contribution is 9.10. The van der Waals surface area contributed by atoms with E-state index in [2.05, 4.69) is 21.2 Å². The number of allylic oxidation sites excluding steroid dienone is 3. The summed E-state index contributed by atoms with van der Waals surface area (Å²) in [7, 11) is 6.28.